The van der Waals surface area contributed by atoms with E-state index < -0.39 is 12.1 Å². The van der Waals surface area contributed by atoms with Crippen LogP contribution >= 0.6 is 0 Å². The predicted octanol–water partition coefficient (Wildman–Crippen LogP) is 4.96. The van der Waals surface area contributed by atoms with Crippen molar-refractivity contribution in [2.45, 2.75) is 64.4 Å². The van der Waals surface area contributed by atoms with Crippen molar-refractivity contribution >= 4 is 5.97 Å². The zero-order valence-corrected chi connectivity index (χ0v) is 16.5. The first-order valence-electron chi connectivity index (χ1n) is 9.92. The lowest BCUT2D eigenvalue weighted by molar-refractivity contribution is -0.136. The highest BCUT2D eigenvalue weighted by atomic mass is 16.4. The smallest absolute Gasteiger partial charge is 0.303 e. The summed E-state index contributed by atoms with van der Waals surface area (Å²) in [6.45, 7) is 2.15. The standard InChI is InChI=1S/C23H36O4/c1-2-3-14-17-21(20-24)22(25)18-15-12-10-8-6-4-5-7-9-11-13-16-19-23(26)27/h5-8,10-13,15,18,21-22,24-25H,2-4,9,14,16-17,19-20H2,1H3,(H,26,27)/b7-5-,8-6-,12-10-,13-11-,18-15+. The van der Waals surface area contributed by atoms with Crippen LogP contribution < -0.4 is 0 Å². The van der Waals surface area contributed by atoms with Crippen LogP contribution in [0, 0.1) is 5.92 Å². The number of carbonyl (C=O) groups is 1. The molecule has 0 bridgehead atoms. The van der Waals surface area contributed by atoms with E-state index in [4.69, 9.17) is 5.11 Å². The highest BCUT2D eigenvalue weighted by Crippen LogP contribution is 2.14. The molecular formula is C23H36O4. The molecule has 0 aromatic rings. The van der Waals surface area contributed by atoms with Crippen molar-refractivity contribution in [2.24, 2.45) is 5.92 Å². The Morgan fingerprint density at radius 2 is 1.59 bits per heavy atom. The highest BCUT2D eigenvalue weighted by Gasteiger charge is 2.14. The van der Waals surface area contributed by atoms with E-state index in [1.165, 1.54) is 0 Å². The quantitative estimate of drug-likeness (QED) is 0.202. The molecule has 0 aliphatic carbocycles. The summed E-state index contributed by atoms with van der Waals surface area (Å²) in [4.78, 5) is 10.3. The monoisotopic (exact) mass is 376 g/mol. The Labute approximate surface area is 164 Å². The normalized spacial score (nSPS) is 15.1. The van der Waals surface area contributed by atoms with E-state index in [1.54, 1.807) is 6.08 Å². The summed E-state index contributed by atoms with van der Waals surface area (Å²) in [7, 11) is 0. The largest absolute Gasteiger partial charge is 0.481 e. The average Bonchev–Trinajstić information content (AvgIpc) is 2.65. The molecular weight excluding hydrogens is 340 g/mol. The van der Waals surface area contributed by atoms with Crippen LogP contribution in [0.1, 0.15) is 58.3 Å². The van der Waals surface area contributed by atoms with Gasteiger partial charge in [0.1, 0.15) is 0 Å². The van der Waals surface area contributed by atoms with Crippen molar-refractivity contribution in [3.63, 3.8) is 0 Å². The lowest BCUT2D eigenvalue weighted by atomic mass is 9.96. The van der Waals surface area contributed by atoms with Crippen molar-refractivity contribution in [3.8, 4) is 0 Å². The van der Waals surface area contributed by atoms with Gasteiger partial charge in [0.25, 0.3) is 0 Å². The van der Waals surface area contributed by atoms with Crippen molar-refractivity contribution in [3.05, 3.63) is 60.8 Å². The van der Waals surface area contributed by atoms with Crippen LogP contribution in [0.3, 0.4) is 0 Å². The van der Waals surface area contributed by atoms with E-state index in [1.807, 2.05) is 42.5 Å². The maximum atomic E-state index is 10.3. The molecule has 0 saturated carbocycles. The summed E-state index contributed by atoms with van der Waals surface area (Å²) in [6, 6.07) is 0. The summed E-state index contributed by atoms with van der Waals surface area (Å²) < 4.78 is 0. The number of allylic oxidation sites excluding steroid dienone is 9. The molecule has 0 heterocycles. The minimum atomic E-state index is -0.766. The molecule has 0 aromatic heterocycles. The van der Waals surface area contributed by atoms with Crippen molar-refractivity contribution in [1.29, 1.82) is 0 Å². The van der Waals surface area contributed by atoms with E-state index in [9.17, 15) is 15.0 Å². The summed E-state index contributed by atoms with van der Waals surface area (Å²) in [6.07, 6.45) is 25.3. The first-order valence-corrected chi connectivity index (χ1v) is 9.92. The number of carboxylic acid groups (broad SMARTS) is 1. The molecule has 2 unspecified atom stereocenters. The van der Waals surface area contributed by atoms with E-state index in [-0.39, 0.29) is 18.9 Å². The molecule has 0 aliphatic rings. The van der Waals surface area contributed by atoms with Crippen LogP contribution in [0.4, 0.5) is 0 Å². The molecule has 4 nitrogen and oxygen atoms in total. The number of aliphatic carboxylic acids is 1. The molecule has 0 rings (SSSR count). The fraction of sp³-hybridized carbons (Fsp3) is 0.522. The van der Waals surface area contributed by atoms with Gasteiger partial charge in [0.05, 0.1) is 6.10 Å². The number of hydrogen-bond acceptors (Lipinski definition) is 3. The zero-order valence-electron chi connectivity index (χ0n) is 16.5. The molecule has 4 heteroatoms. The first-order chi connectivity index (χ1) is 13.1. The van der Waals surface area contributed by atoms with Gasteiger partial charge in [-0.05, 0) is 25.7 Å². The number of unbranched alkanes of at least 4 members (excludes halogenated alkanes) is 2. The van der Waals surface area contributed by atoms with Crippen LogP contribution in [0.15, 0.2) is 60.8 Å². The van der Waals surface area contributed by atoms with Gasteiger partial charge in [-0.1, -0.05) is 86.9 Å². The van der Waals surface area contributed by atoms with Crippen molar-refractivity contribution in [2.75, 3.05) is 6.61 Å². The summed E-state index contributed by atoms with van der Waals surface area (Å²) in [5.74, 6) is -0.849. The second kappa shape index (κ2) is 18.9. The number of aliphatic hydroxyl groups is 2. The molecule has 27 heavy (non-hydrogen) atoms. The van der Waals surface area contributed by atoms with Crippen LogP contribution in [-0.4, -0.2) is 34.0 Å². The first kappa shape index (κ1) is 25.1. The minimum Gasteiger partial charge on any atom is -0.481 e. The number of aliphatic hydroxyl groups excluding tert-OH is 2. The third-order valence-corrected chi connectivity index (χ3v) is 4.08. The Bertz CT molecular complexity index is 501. The van der Waals surface area contributed by atoms with Gasteiger partial charge >= 0.3 is 5.97 Å². The van der Waals surface area contributed by atoms with Crippen LogP contribution in [0.5, 0.6) is 0 Å². The lowest BCUT2D eigenvalue weighted by Gasteiger charge is -2.17. The lowest BCUT2D eigenvalue weighted by Crippen LogP contribution is -2.21. The van der Waals surface area contributed by atoms with E-state index >= 15 is 0 Å². The van der Waals surface area contributed by atoms with E-state index in [0.717, 1.165) is 38.5 Å². The summed E-state index contributed by atoms with van der Waals surface area (Å²) in [5, 5.41) is 27.9. The van der Waals surface area contributed by atoms with E-state index in [2.05, 4.69) is 19.1 Å². The number of hydrogen-bond donors (Lipinski definition) is 3. The Balaban J connectivity index is 3.91. The van der Waals surface area contributed by atoms with Gasteiger partial charge in [0.15, 0.2) is 0 Å². The Hall–Kier alpha value is -1.91. The van der Waals surface area contributed by atoms with Crippen molar-refractivity contribution < 1.29 is 20.1 Å². The molecule has 0 spiro atoms. The molecule has 2 atom stereocenters. The Morgan fingerprint density at radius 1 is 0.926 bits per heavy atom. The Kier molecular flexibility index (Phi) is 17.5. The fourth-order valence-electron chi connectivity index (χ4n) is 2.42. The second-order valence-electron chi connectivity index (χ2n) is 6.47. The van der Waals surface area contributed by atoms with Crippen molar-refractivity contribution in [1.82, 2.24) is 0 Å². The summed E-state index contributed by atoms with van der Waals surface area (Å²) in [5.41, 5.74) is 0. The van der Waals surface area contributed by atoms with E-state index in [0.29, 0.717) is 6.42 Å². The third kappa shape index (κ3) is 17.3. The highest BCUT2D eigenvalue weighted by molar-refractivity contribution is 5.66. The van der Waals surface area contributed by atoms with Gasteiger partial charge in [-0.15, -0.1) is 0 Å². The molecule has 152 valence electrons. The molecule has 0 saturated heterocycles. The number of carboxylic acids is 1. The SMILES string of the molecule is CCCCCC(CO)C(O)/C=C/C=C\C=C/C/C=C\C/C=C\CCC(=O)O. The van der Waals surface area contributed by atoms with Gasteiger partial charge < -0.3 is 15.3 Å². The minimum absolute atomic E-state index is 0.0138. The Morgan fingerprint density at radius 3 is 2.26 bits per heavy atom. The zero-order chi connectivity index (χ0) is 20.2. The maximum Gasteiger partial charge on any atom is 0.303 e. The van der Waals surface area contributed by atoms with Crippen LogP contribution in [0.25, 0.3) is 0 Å². The van der Waals surface area contributed by atoms with Gasteiger partial charge in [0.2, 0.25) is 0 Å². The number of rotatable bonds is 16. The fourth-order valence-corrected chi connectivity index (χ4v) is 2.42. The van der Waals surface area contributed by atoms with Gasteiger partial charge in [-0.25, -0.2) is 0 Å². The molecule has 0 aromatic carbocycles. The second-order valence-corrected chi connectivity index (χ2v) is 6.47. The van der Waals surface area contributed by atoms with Gasteiger partial charge in [-0.3, -0.25) is 4.79 Å². The molecule has 0 aliphatic heterocycles. The molecule has 0 fully saturated rings. The van der Waals surface area contributed by atoms with Gasteiger partial charge in [0, 0.05) is 18.9 Å². The summed E-state index contributed by atoms with van der Waals surface area (Å²) >= 11 is 0. The predicted molar refractivity (Wildman–Crippen MR) is 113 cm³/mol. The van der Waals surface area contributed by atoms with Crippen LogP contribution in [-0.2, 0) is 4.79 Å². The molecule has 0 amide bonds. The molecule has 3 N–H and O–H groups in total. The van der Waals surface area contributed by atoms with Gasteiger partial charge in [-0.2, -0.15) is 0 Å². The average molecular weight is 377 g/mol. The topological polar surface area (TPSA) is 77.8 Å². The molecule has 0 radical (unpaired) electrons. The van der Waals surface area contributed by atoms with Crippen LogP contribution in [0.2, 0.25) is 0 Å². The maximum absolute atomic E-state index is 10.3. The third-order valence-electron chi connectivity index (χ3n) is 4.08.